The highest BCUT2D eigenvalue weighted by Gasteiger charge is 2.46. The molecule has 3 amide bonds. The number of nitrogens with one attached hydrogen (secondary N) is 1. The second-order valence-electron chi connectivity index (χ2n) is 6.50. The Hall–Kier alpha value is -1.77. The van der Waals surface area contributed by atoms with Gasteiger partial charge < -0.3 is 15.1 Å². The Bertz CT molecular complexity index is 597. The van der Waals surface area contributed by atoms with Crippen LogP contribution in [0.3, 0.4) is 0 Å². The van der Waals surface area contributed by atoms with Crippen molar-refractivity contribution in [3.8, 4) is 0 Å². The van der Waals surface area contributed by atoms with E-state index < -0.39 is 11.8 Å². The van der Waals surface area contributed by atoms with Gasteiger partial charge in [0.05, 0.1) is 5.51 Å². The number of carbonyl (C=O) groups is 2. The molecule has 1 aliphatic carbocycles. The number of carbonyl (C=O) groups excluding carboxylic acids is 2. The highest BCUT2D eigenvalue weighted by molar-refractivity contribution is 7.09. The highest BCUT2D eigenvalue weighted by Crippen LogP contribution is 2.33. The van der Waals surface area contributed by atoms with Crippen molar-refractivity contribution in [1.82, 2.24) is 20.1 Å². The molecule has 138 valence electrons. The number of nitrogens with zero attached hydrogens (tertiary/aromatic N) is 3. The third-order valence-corrected chi connectivity index (χ3v) is 5.64. The van der Waals surface area contributed by atoms with Crippen LogP contribution in [0.2, 0.25) is 0 Å². The second-order valence-corrected chi connectivity index (χ2v) is 7.39. The summed E-state index contributed by atoms with van der Waals surface area (Å²) in [6, 6.07) is 0.0461. The molecule has 9 heteroatoms. The van der Waals surface area contributed by atoms with Crippen LogP contribution in [0.5, 0.6) is 0 Å². The number of amides is 3. The maximum absolute atomic E-state index is 14.2. The molecule has 0 bridgehead atoms. The largest absolute Gasteiger partial charge is 0.360 e. The van der Waals surface area contributed by atoms with E-state index in [4.69, 9.17) is 0 Å². The SMILES string of the molecule is O=C(NC1CCCCC1)N1CCN(C(=O)C(F)(F)c2cncs2)CC1. The summed E-state index contributed by atoms with van der Waals surface area (Å²) in [5.41, 5.74) is 1.28. The lowest BCUT2D eigenvalue weighted by molar-refractivity contribution is -0.160. The lowest BCUT2D eigenvalue weighted by Gasteiger charge is -2.37. The van der Waals surface area contributed by atoms with Gasteiger partial charge in [0.2, 0.25) is 0 Å². The summed E-state index contributed by atoms with van der Waals surface area (Å²) in [6.07, 6.45) is 6.47. The smallest absolute Gasteiger partial charge is 0.335 e. The van der Waals surface area contributed by atoms with Crippen molar-refractivity contribution in [3.63, 3.8) is 0 Å². The summed E-state index contributed by atoms with van der Waals surface area (Å²) in [5.74, 6) is -4.78. The third-order valence-electron chi connectivity index (χ3n) is 4.80. The van der Waals surface area contributed by atoms with Crippen molar-refractivity contribution >= 4 is 23.3 Å². The quantitative estimate of drug-likeness (QED) is 0.886. The van der Waals surface area contributed by atoms with E-state index in [1.807, 2.05) is 0 Å². The lowest BCUT2D eigenvalue weighted by atomic mass is 9.96. The molecule has 1 saturated heterocycles. The van der Waals surface area contributed by atoms with E-state index in [1.54, 1.807) is 4.90 Å². The van der Waals surface area contributed by atoms with E-state index in [0.717, 1.165) is 48.1 Å². The first-order valence-electron chi connectivity index (χ1n) is 8.60. The van der Waals surface area contributed by atoms with Crippen molar-refractivity contribution in [2.45, 2.75) is 44.1 Å². The van der Waals surface area contributed by atoms with Crippen molar-refractivity contribution < 1.29 is 18.4 Å². The van der Waals surface area contributed by atoms with Crippen LogP contribution in [0.1, 0.15) is 37.0 Å². The Morgan fingerprint density at radius 2 is 1.76 bits per heavy atom. The van der Waals surface area contributed by atoms with Crippen molar-refractivity contribution in [2.75, 3.05) is 26.2 Å². The van der Waals surface area contributed by atoms with Gasteiger partial charge in [0.25, 0.3) is 5.91 Å². The van der Waals surface area contributed by atoms with Gasteiger partial charge in [-0.25, -0.2) is 4.79 Å². The Morgan fingerprint density at radius 1 is 1.12 bits per heavy atom. The van der Waals surface area contributed by atoms with Crippen LogP contribution in [-0.2, 0) is 10.7 Å². The van der Waals surface area contributed by atoms with E-state index in [2.05, 4.69) is 10.3 Å². The van der Waals surface area contributed by atoms with Crippen LogP contribution < -0.4 is 5.32 Å². The van der Waals surface area contributed by atoms with Gasteiger partial charge in [-0.15, -0.1) is 11.3 Å². The van der Waals surface area contributed by atoms with Crippen molar-refractivity contribution in [2.24, 2.45) is 0 Å². The number of aromatic nitrogens is 1. The lowest BCUT2D eigenvalue weighted by Crippen LogP contribution is -2.56. The zero-order valence-corrected chi connectivity index (χ0v) is 14.7. The van der Waals surface area contributed by atoms with E-state index in [9.17, 15) is 18.4 Å². The van der Waals surface area contributed by atoms with Crippen molar-refractivity contribution in [1.29, 1.82) is 0 Å². The maximum atomic E-state index is 14.2. The monoisotopic (exact) mass is 372 g/mol. The summed E-state index contributed by atoms with van der Waals surface area (Å²) < 4.78 is 28.4. The van der Waals surface area contributed by atoms with Crippen LogP contribution in [-0.4, -0.2) is 58.9 Å². The minimum Gasteiger partial charge on any atom is -0.335 e. The number of thiazole rings is 1. The predicted molar refractivity (Wildman–Crippen MR) is 89.6 cm³/mol. The zero-order chi connectivity index (χ0) is 17.9. The number of rotatable bonds is 3. The molecule has 6 nitrogen and oxygen atoms in total. The Kier molecular flexibility index (Phi) is 5.51. The third kappa shape index (κ3) is 4.08. The zero-order valence-electron chi connectivity index (χ0n) is 13.9. The number of piperazine rings is 1. The van der Waals surface area contributed by atoms with Gasteiger partial charge in [0.1, 0.15) is 4.88 Å². The van der Waals surface area contributed by atoms with Crippen molar-refractivity contribution in [3.05, 3.63) is 16.6 Å². The van der Waals surface area contributed by atoms with Gasteiger partial charge in [-0.1, -0.05) is 19.3 Å². The van der Waals surface area contributed by atoms with Crippen LogP contribution in [0.4, 0.5) is 13.6 Å². The molecule has 1 aromatic rings. The van der Waals surface area contributed by atoms with Gasteiger partial charge in [-0.2, -0.15) is 8.78 Å². The molecule has 0 aromatic carbocycles. The molecule has 3 rings (SSSR count). The Labute approximate surface area is 149 Å². The molecule has 2 fully saturated rings. The first-order chi connectivity index (χ1) is 12.0. The molecule has 1 aromatic heterocycles. The fourth-order valence-corrected chi connectivity index (χ4v) is 3.89. The molecule has 1 aliphatic heterocycles. The van der Waals surface area contributed by atoms with Crippen LogP contribution in [0.15, 0.2) is 11.7 Å². The van der Waals surface area contributed by atoms with E-state index >= 15 is 0 Å². The van der Waals surface area contributed by atoms with E-state index in [-0.39, 0.29) is 43.1 Å². The summed E-state index contributed by atoms with van der Waals surface area (Å²) in [6.45, 7) is 0.767. The van der Waals surface area contributed by atoms with Gasteiger partial charge in [0.15, 0.2) is 0 Å². The molecule has 2 aliphatic rings. The van der Waals surface area contributed by atoms with Gasteiger partial charge in [-0.3, -0.25) is 9.78 Å². The summed E-state index contributed by atoms with van der Waals surface area (Å²) >= 11 is 0.764. The molecule has 1 N–H and O–H groups in total. The topological polar surface area (TPSA) is 65.5 Å². The summed E-state index contributed by atoms with van der Waals surface area (Å²) in [5, 5.41) is 3.01. The number of alkyl halides is 2. The maximum Gasteiger partial charge on any atom is 0.360 e. The standard InChI is InChI=1S/C16H22F2N4O2S/c17-16(18,13-10-19-11-25-13)14(23)21-6-8-22(9-7-21)15(24)20-12-4-2-1-3-5-12/h10-12H,1-9H2,(H,20,24). The van der Waals surface area contributed by atoms with Gasteiger partial charge in [-0.05, 0) is 12.8 Å². The molecular weight excluding hydrogens is 350 g/mol. The van der Waals surface area contributed by atoms with E-state index in [1.165, 1.54) is 11.9 Å². The number of hydrogen-bond donors (Lipinski definition) is 1. The van der Waals surface area contributed by atoms with E-state index in [0.29, 0.717) is 0 Å². The average molecular weight is 372 g/mol. The predicted octanol–water partition coefficient (Wildman–Crippen LogP) is 2.42. The minimum absolute atomic E-state index is 0.116. The molecule has 1 saturated carbocycles. The molecule has 0 spiro atoms. The molecule has 0 atom stereocenters. The van der Waals surface area contributed by atoms with Gasteiger partial charge >= 0.3 is 12.0 Å². The van der Waals surface area contributed by atoms with Gasteiger partial charge in [0, 0.05) is 38.4 Å². The van der Waals surface area contributed by atoms with Crippen LogP contribution in [0, 0.1) is 0 Å². The first-order valence-corrected chi connectivity index (χ1v) is 9.48. The fraction of sp³-hybridized carbons (Fsp3) is 0.688. The first kappa shape index (κ1) is 18.0. The summed E-state index contributed by atoms with van der Waals surface area (Å²) in [7, 11) is 0. The second kappa shape index (κ2) is 7.63. The fourth-order valence-electron chi connectivity index (χ4n) is 3.30. The molecule has 0 radical (unpaired) electrons. The Morgan fingerprint density at radius 3 is 2.36 bits per heavy atom. The number of urea groups is 1. The molecule has 2 heterocycles. The number of halogens is 2. The normalized spacial score (nSPS) is 19.8. The Balaban J connectivity index is 1.51. The number of hydrogen-bond acceptors (Lipinski definition) is 4. The molecular formula is C16H22F2N4O2S. The molecule has 0 unspecified atom stereocenters. The summed E-state index contributed by atoms with van der Waals surface area (Å²) in [4.78, 5) is 30.4. The molecule has 25 heavy (non-hydrogen) atoms. The minimum atomic E-state index is -3.56. The van der Waals surface area contributed by atoms with Crippen LogP contribution >= 0.6 is 11.3 Å². The van der Waals surface area contributed by atoms with Crippen LogP contribution in [0.25, 0.3) is 0 Å². The average Bonchev–Trinajstić information content (AvgIpc) is 3.17. The highest BCUT2D eigenvalue weighted by atomic mass is 32.1.